The maximum atomic E-state index is 12.6. The number of phenolic OH excluding ortho intramolecular Hbond substituents is 1. The molecule has 0 saturated carbocycles. The molecule has 0 unspecified atom stereocenters. The van der Waals surface area contributed by atoms with Gasteiger partial charge in [0, 0.05) is 47.9 Å². The van der Waals surface area contributed by atoms with Gasteiger partial charge in [-0.3, -0.25) is 9.13 Å². The van der Waals surface area contributed by atoms with E-state index < -0.39 is 5.82 Å². The summed E-state index contributed by atoms with van der Waals surface area (Å²) in [4.78, 5) is 21.3. The molecule has 42 heavy (non-hydrogen) atoms. The molecule has 0 fully saturated rings. The third-order valence-electron chi connectivity index (χ3n) is 5.91. The molecule has 0 aliphatic heterocycles. The van der Waals surface area contributed by atoms with Crippen LogP contribution in [0.2, 0.25) is 0 Å². The van der Waals surface area contributed by atoms with E-state index in [2.05, 4.69) is 46.0 Å². The van der Waals surface area contributed by atoms with Crippen LogP contribution in [0.25, 0.3) is 11.0 Å². The Bertz CT molecular complexity index is 1490. The lowest BCUT2D eigenvalue weighted by atomic mass is 10.1. The summed E-state index contributed by atoms with van der Waals surface area (Å²) in [7, 11) is 0. The first-order chi connectivity index (χ1) is 20.1. The van der Waals surface area contributed by atoms with Crippen LogP contribution in [0.4, 0.5) is 13.6 Å². The summed E-state index contributed by atoms with van der Waals surface area (Å²) in [6, 6.07) is 7.69. The number of rotatable bonds is 4. The van der Waals surface area contributed by atoms with Gasteiger partial charge in [-0.1, -0.05) is 31.1 Å². The molecule has 224 valence electrons. The number of hydrogen-bond acceptors (Lipinski definition) is 9. The number of imidazole rings is 2. The number of benzene rings is 2. The van der Waals surface area contributed by atoms with E-state index in [1.807, 2.05) is 6.92 Å². The van der Waals surface area contributed by atoms with Crippen molar-refractivity contribution in [3.05, 3.63) is 96.7 Å². The number of aryl methyl sites for hydroxylation is 1. The summed E-state index contributed by atoms with van der Waals surface area (Å²) in [6.07, 6.45) is 9.17. The third kappa shape index (κ3) is 9.93. The monoisotopic (exact) mass is 583 g/mol. The van der Waals surface area contributed by atoms with Gasteiger partial charge in [-0.2, -0.15) is 0 Å². The van der Waals surface area contributed by atoms with Crippen molar-refractivity contribution in [2.75, 3.05) is 19.6 Å². The van der Waals surface area contributed by atoms with Crippen molar-refractivity contribution in [1.29, 1.82) is 0 Å². The molecule has 0 atom stereocenters. The second kappa shape index (κ2) is 17.0. The molecular weight excluding hydrogens is 548 g/mol. The van der Waals surface area contributed by atoms with Gasteiger partial charge >= 0.3 is 6.03 Å². The average Bonchev–Trinajstić information content (AvgIpc) is 3.78. The topological polar surface area (TPSA) is 135 Å². The van der Waals surface area contributed by atoms with Crippen LogP contribution in [0.15, 0.2) is 83.5 Å². The zero-order valence-corrected chi connectivity index (χ0v) is 24.1. The predicted octanol–water partition coefficient (Wildman–Crippen LogP) is 5.95. The number of halogens is 2. The number of aromatic nitrogens is 5. The lowest BCUT2D eigenvalue weighted by Crippen LogP contribution is -2.21. The molecule has 13 heteroatoms. The highest BCUT2D eigenvalue weighted by Crippen LogP contribution is 2.19. The van der Waals surface area contributed by atoms with Crippen LogP contribution in [-0.2, 0) is 0 Å². The number of hydrogen-bond donors (Lipinski definition) is 2. The van der Waals surface area contributed by atoms with E-state index in [1.165, 1.54) is 72.6 Å². The summed E-state index contributed by atoms with van der Waals surface area (Å²) < 4.78 is 32.6. The minimum atomic E-state index is -0.526. The summed E-state index contributed by atoms with van der Waals surface area (Å²) in [5, 5.41) is 25.0. The molecule has 11 nitrogen and oxygen atoms in total. The van der Waals surface area contributed by atoms with E-state index in [1.54, 1.807) is 30.9 Å². The summed E-state index contributed by atoms with van der Waals surface area (Å²) in [6.45, 7) is 13.5. The van der Waals surface area contributed by atoms with Gasteiger partial charge in [-0.15, -0.1) is 0 Å². The van der Waals surface area contributed by atoms with E-state index in [0.29, 0.717) is 11.1 Å². The summed E-state index contributed by atoms with van der Waals surface area (Å²) in [5.41, 5.74) is 1.86. The van der Waals surface area contributed by atoms with Gasteiger partial charge in [-0.05, 0) is 57.7 Å². The van der Waals surface area contributed by atoms with Crippen molar-refractivity contribution in [3.63, 3.8) is 0 Å². The zero-order chi connectivity index (χ0) is 31.1. The maximum absolute atomic E-state index is 12.6. The molecule has 3 heterocycles. The Morgan fingerprint density at radius 2 is 1.50 bits per heavy atom. The Hall–Kier alpha value is -4.91. The van der Waals surface area contributed by atoms with Crippen molar-refractivity contribution in [2.24, 2.45) is 5.16 Å². The van der Waals surface area contributed by atoms with Gasteiger partial charge in [-0.25, -0.2) is 23.5 Å². The SMILES string of the molecule is C/C(=N\O)c1ccc(F)cc1O.CCN(CC)CC.Cc1noc2cc(F)ccc12.O=C(n1ccnc1)n1ccnc1. The lowest BCUT2D eigenvalue weighted by Gasteiger charge is -2.13. The van der Waals surface area contributed by atoms with Crippen LogP contribution in [0, 0.1) is 18.6 Å². The number of carbonyl (C=O) groups excluding carboxylic acids is 1. The molecule has 0 spiro atoms. The maximum Gasteiger partial charge on any atom is 0.338 e. The number of oxime groups is 1. The van der Waals surface area contributed by atoms with Crippen molar-refractivity contribution in [3.8, 4) is 5.75 Å². The van der Waals surface area contributed by atoms with Crippen molar-refractivity contribution in [1.82, 2.24) is 29.2 Å². The van der Waals surface area contributed by atoms with E-state index in [0.717, 1.165) is 17.1 Å². The van der Waals surface area contributed by atoms with Crippen LogP contribution >= 0.6 is 0 Å². The van der Waals surface area contributed by atoms with Gasteiger partial charge < -0.3 is 19.7 Å². The molecule has 5 aromatic rings. The first-order valence-corrected chi connectivity index (χ1v) is 13.1. The first kappa shape index (κ1) is 33.3. The van der Waals surface area contributed by atoms with Crippen LogP contribution in [-0.4, -0.2) is 70.8 Å². The highest BCUT2D eigenvalue weighted by Gasteiger charge is 2.06. The predicted molar refractivity (Wildman–Crippen MR) is 155 cm³/mol. The van der Waals surface area contributed by atoms with E-state index >= 15 is 0 Å². The molecule has 2 aromatic carbocycles. The molecule has 0 aliphatic carbocycles. The van der Waals surface area contributed by atoms with Crippen LogP contribution < -0.4 is 0 Å². The molecule has 0 radical (unpaired) electrons. The van der Waals surface area contributed by atoms with Crippen molar-refractivity contribution >= 4 is 22.7 Å². The molecule has 5 rings (SSSR count). The normalized spacial score (nSPS) is 10.7. The minimum absolute atomic E-state index is 0.190. The quantitative estimate of drug-likeness (QED) is 0.151. The Morgan fingerprint density at radius 3 is 1.95 bits per heavy atom. The number of nitrogens with zero attached hydrogens (tertiary/aromatic N) is 7. The van der Waals surface area contributed by atoms with E-state index in [9.17, 15) is 13.6 Å². The number of aromatic hydroxyl groups is 1. The van der Waals surface area contributed by atoms with Gasteiger partial charge in [0.05, 0.1) is 11.4 Å². The van der Waals surface area contributed by atoms with Gasteiger partial charge in [0.15, 0.2) is 5.58 Å². The number of phenols is 1. The van der Waals surface area contributed by atoms with Crippen molar-refractivity contribution in [2.45, 2.75) is 34.6 Å². The fourth-order valence-corrected chi connectivity index (χ4v) is 3.45. The molecule has 0 aliphatic rings. The van der Waals surface area contributed by atoms with Crippen LogP contribution in [0.1, 0.15) is 39.0 Å². The lowest BCUT2D eigenvalue weighted by molar-refractivity contribution is 0.244. The fraction of sp³-hybridized carbons (Fsp3) is 0.276. The molecule has 0 amide bonds. The third-order valence-corrected chi connectivity index (χ3v) is 5.91. The highest BCUT2D eigenvalue weighted by molar-refractivity contribution is 6.00. The standard InChI is InChI=1S/C8H8FNO2.C8H6FNO.C7H6N4O.C6H15N/c1-5(10-12)7-3-2-6(9)4-8(7)11;1-5-7-3-2-6(9)4-8(7)11-10-5;12-7(10-3-1-8-5-10)11-4-2-9-6-11;1-4-7(5-2)6-3/h2-4,11-12H,1H3;2-4H,1H3;1-6H;4-6H2,1-3H3/b10-5+;;;. The Kier molecular flexibility index (Phi) is 13.5. The summed E-state index contributed by atoms with van der Waals surface area (Å²) >= 11 is 0. The van der Waals surface area contributed by atoms with Crippen LogP contribution in [0.5, 0.6) is 5.75 Å². The number of carbonyl (C=O) groups is 1. The van der Waals surface area contributed by atoms with Gasteiger partial charge in [0.25, 0.3) is 0 Å². The second-order valence-electron chi connectivity index (χ2n) is 8.60. The molecule has 3 aromatic heterocycles. The minimum Gasteiger partial charge on any atom is -0.507 e. The smallest absolute Gasteiger partial charge is 0.338 e. The number of fused-ring (bicyclic) bond motifs is 1. The summed E-state index contributed by atoms with van der Waals surface area (Å²) in [5.74, 6) is -1.05. The molecule has 0 saturated heterocycles. The second-order valence-corrected chi connectivity index (χ2v) is 8.60. The fourth-order valence-electron chi connectivity index (χ4n) is 3.45. The molecule has 2 N–H and O–H groups in total. The van der Waals surface area contributed by atoms with E-state index in [4.69, 9.17) is 14.8 Å². The van der Waals surface area contributed by atoms with E-state index in [-0.39, 0.29) is 23.3 Å². The van der Waals surface area contributed by atoms with Crippen LogP contribution in [0.3, 0.4) is 0 Å². The first-order valence-electron chi connectivity index (χ1n) is 13.1. The van der Waals surface area contributed by atoms with Gasteiger partial charge in [0.1, 0.15) is 30.0 Å². The highest BCUT2D eigenvalue weighted by atomic mass is 19.1. The van der Waals surface area contributed by atoms with Crippen molar-refractivity contribution < 1.29 is 28.4 Å². The Balaban J connectivity index is 0.000000199. The Morgan fingerprint density at radius 1 is 0.952 bits per heavy atom. The average molecular weight is 584 g/mol. The zero-order valence-electron chi connectivity index (χ0n) is 24.1. The molecular formula is C29H35F2N7O4. The van der Waals surface area contributed by atoms with Gasteiger partial charge in [0.2, 0.25) is 0 Å². The molecule has 0 bridgehead atoms. The Labute approximate surface area is 242 Å². The largest absolute Gasteiger partial charge is 0.507 e.